The molecule has 0 radical (unpaired) electrons. The Morgan fingerprint density at radius 2 is 1.49 bits per heavy atom. The maximum atomic E-state index is 13.8. The molecule has 13 nitrogen and oxygen atoms in total. The summed E-state index contributed by atoms with van der Waals surface area (Å²) in [4.78, 5) is 93.9. The van der Waals surface area contributed by atoms with Crippen molar-refractivity contribution in [1.82, 2.24) is 10.6 Å². The Hall–Kier alpha value is -4.75. The van der Waals surface area contributed by atoms with Crippen LogP contribution in [0.1, 0.15) is 70.8 Å². The molecule has 14 heteroatoms. The number of hydrogen-bond donors (Lipinski definition) is 2. The molecule has 1 heterocycles. The van der Waals surface area contributed by atoms with E-state index in [9.17, 15) is 38.0 Å². The van der Waals surface area contributed by atoms with Gasteiger partial charge in [-0.1, -0.05) is 50.3 Å². The molecule has 2 N–H and O–H groups in total. The van der Waals surface area contributed by atoms with Crippen LogP contribution in [0, 0.1) is 17.8 Å². The number of amides is 2. The molecule has 2 amide bonds. The van der Waals surface area contributed by atoms with Crippen LogP contribution in [-0.4, -0.2) is 80.5 Å². The summed E-state index contributed by atoms with van der Waals surface area (Å²) in [6, 6.07) is 6.69. The SMILES string of the molecule is COC(=O)CC[C@H](CC(=O)[C@H](CC(C)C)NC(=O)OCc1ccccc1)C(=O)N[C@@H](CC1=CCC=N1)C(=O)C[C@@H](CC(=O)OC)C(=O)CF. The van der Waals surface area contributed by atoms with Crippen LogP contribution < -0.4 is 10.6 Å². The average Bonchev–Trinajstić information content (AvgIpc) is 3.60. The number of rotatable bonds is 22. The molecule has 0 unspecified atom stereocenters. The normalized spacial score (nSPS) is 14.5. The molecule has 4 atom stereocenters. The van der Waals surface area contributed by atoms with Gasteiger partial charge in [0.2, 0.25) is 5.91 Å². The molecule has 1 aromatic rings. The first-order valence-electron chi connectivity index (χ1n) is 16.1. The molecule has 0 fully saturated rings. The molecule has 0 bridgehead atoms. The third-order valence-electron chi connectivity index (χ3n) is 7.85. The zero-order valence-electron chi connectivity index (χ0n) is 28.4. The molecular weight excluding hydrogens is 641 g/mol. The van der Waals surface area contributed by atoms with E-state index in [1.807, 2.05) is 19.9 Å². The number of carbonyl (C=O) groups is 7. The van der Waals surface area contributed by atoms with Gasteiger partial charge in [-0.05, 0) is 24.3 Å². The molecule has 1 aliphatic heterocycles. The van der Waals surface area contributed by atoms with Crippen LogP contribution in [0.2, 0.25) is 0 Å². The summed E-state index contributed by atoms with van der Waals surface area (Å²) in [7, 11) is 2.28. The van der Waals surface area contributed by atoms with Gasteiger partial charge in [-0.3, -0.25) is 33.8 Å². The van der Waals surface area contributed by atoms with Crippen molar-refractivity contribution in [1.29, 1.82) is 0 Å². The highest BCUT2D eigenvalue weighted by molar-refractivity contribution is 5.96. The molecule has 0 spiro atoms. The number of esters is 2. The van der Waals surface area contributed by atoms with Crippen LogP contribution in [-0.2, 0) is 49.6 Å². The van der Waals surface area contributed by atoms with E-state index in [1.54, 1.807) is 36.6 Å². The lowest BCUT2D eigenvalue weighted by Gasteiger charge is -2.25. The minimum atomic E-state index is -1.40. The highest BCUT2D eigenvalue weighted by atomic mass is 19.1. The van der Waals surface area contributed by atoms with E-state index in [1.165, 1.54) is 7.11 Å². The Bertz CT molecular complexity index is 1380. The number of alkyl carbamates (subject to hydrolysis) is 1. The maximum absolute atomic E-state index is 13.8. The number of nitrogens with zero attached hydrogens (tertiary/aromatic N) is 1. The molecule has 0 aliphatic carbocycles. The quantitative estimate of drug-likeness (QED) is 0.134. The Kier molecular flexibility index (Phi) is 17.5. The van der Waals surface area contributed by atoms with Crippen molar-refractivity contribution in [3.8, 4) is 0 Å². The Morgan fingerprint density at radius 1 is 0.837 bits per heavy atom. The largest absolute Gasteiger partial charge is 0.469 e. The van der Waals surface area contributed by atoms with Gasteiger partial charge in [0.15, 0.2) is 17.3 Å². The molecule has 2 rings (SSSR count). The third-order valence-corrected chi connectivity index (χ3v) is 7.85. The second kappa shape index (κ2) is 21.3. The Labute approximate surface area is 285 Å². The Balaban J connectivity index is 2.27. The monoisotopic (exact) mass is 687 g/mol. The summed E-state index contributed by atoms with van der Waals surface area (Å²) in [6.45, 7) is 2.30. The lowest BCUT2D eigenvalue weighted by Crippen LogP contribution is -2.47. The topological polar surface area (TPSA) is 184 Å². The van der Waals surface area contributed by atoms with E-state index >= 15 is 0 Å². The van der Waals surface area contributed by atoms with Crippen LogP contribution in [0.4, 0.5) is 9.18 Å². The van der Waals surface area contributed by atoms with Gasteiger partial charge in [0.05, 0.1) is 32.7 Å². The maximum Gasteiger partial charge on any atom is 0.408 e. The van der Waals surface area contributed by atoms with Gasteiger partial charge in [-0.2, -0.15) is 0 Å². The van der Waals surface area contributed by atoms with Crippen LogP contribution in [0.15, 0.2) is 47.1 Å². The number of carbonyl (C=O) groups excluding carboxylic acids is 7. The van der Waals surface area contributed by atoms with Crippen molar-refractivity contribution in [3.63, 3.8) is 0 Å². The molecule has 268 valence electrons. The minimum Gasteiger partial charge on any atom is -0.469 e. The van der Waals surface area contributed by atoms with E-state index in [4.69, 9.17) is 9.47 Å². The summed E-state index contributed by atoms with van der Waals surface area (Å²) >= 11 is 0. The molecule has 0 saturated carbocycles. The molecule has 0 aromatic heterocycles. The first-order valence-corrected chi connectivity index (χ1v) is 16.1. The number of halogens is 1. The lowest BCUT2D eigenvalue weighted by molar-refractivity contribution is -0.145. The number of benzene rings is 1. The Morgan fingerprint density at radius 3 is 2.08 bits per heavy atom. The van der Waals surface area contributed by atoms with Crippen molar-refractivity contribution in [2.75, 3.05) is 20.9 Å². The van der Waals surface area contributed by atoms with E-state index in [-0.39, 0.29) is 38.2 Å². The van der Waals surface area contributed by atoms with Gasteiger partial charge in [0.25, 0.3) is 0 Å². The van der Waals surface area contributed by atoms with Crippen molar-refractivity contribution >= 4 is 47.5 Å². The first-order chi connectivity index (χ1) is 23.4. The highest BCUT2D eigenvalue weighted by Gasteiger charge is 2.34. The second-order valence-corrected chi connectivity index (χ2v) is 12.1. The van der Waals surface area contributed by atoms with E-state index in [2.05, 4.69) is 20.4 Å². The van der Waals surface area contributed by atoms with Crippen molar-refractivity contribution in [3.05, 3.63) is 47.7 Å². The smallest absolute Gasteiger partial charge is 0.408 e. The fourth-order valence-electron chi connectivity index (χ4n) is 5.12. The molecule has 1 aromatic carbocycles. The van der Waals surface area contributed by atoms with Crippen LogP contribution in [0.25, 0.3) is 0 Å². The number of alkyl halides is 1. The first kappa shape index (κ1) is 40.4. The van der Waals surface area contributed by atoms with Gasteiger partial charge in [-0.25, -0.2) is 9.18 Å². The van der Waals surface area contributed by atoms with E-state index in [0.29, 0.717) is 12.1 Å². The van der Waals surface area contributed by atoms with Crippen molar-refractivity contribution in [2.24, 2.45) is 22.7 Å². The fraction of sp³-hybridized carbons (Fsp3) is 0.543. The summed E-state index contributed by atoms with van der Waals surface area (Å²) < 4.78 is 27.9. The lowest BCUT2D eigenvalue weighted by atomic mass is 9.88. The summed E-state index contributed by atoms with van der Waals surface area (Å²) in [5.41, 5.74) is 1.23. The average molecular weight is 688 g/mol. The number of nitrogens with one attached hydrogen (secondary N) is 2. The van der Waals surface area contributed by atoms with Crippen molar-refractivity contribution < 1.29 is 52.2 Å². The molecule has 1 aliphatic rings. The number of methoxy groups -OCH3 is 2. The standard InChI is InChI=1S/C35H46FN3O10/c1-22(2)15-27(39-35(46)49-21-23-9-6-5-7-10-23)29(40)16-24(12-13-32(43)47-3)34(45)38-28(19-26-11-8-14-37-26)30(41)17-25(31(42)20-36)18-33(44)48-4/h5-7,9-11,14,22,24-25,27-28H,8,12-13,15-21H2,1-4H3,(H,38,45)(H,39,46)/t24-,25+,27+,28+/m1/s1. The van der Waals surface area contributed by atoms with Crippen LogP contribution in [0.5, 0.6) is 0 Å². The zero-order chi connectivity index (χ0) is 36.3. The second-order valence-electron chi connectivity index (χ2n) is 12.1. The summed E-state index contributed by atoms with van der Waals surface area (Å²) in [5.74, 6) is -6.76. The van der Waals surface area contributed by atoms with Crippen molar-refractivity contribution in [2.45, 2.75) is 83.9 Å². The highest BCUT2D eigenvalue weighted by Crippen LogP contribution is 2.22. The zero-order valence-corrected chi connectivity index (χ0v) is 28.4. The van der Waals surface area contributed by atoms with E-state index in [0.717, 1.165) is 12.7 Å². The van der Waals surface area contributed by atoms with Gasteiger partial charge in [-0.15, -0.1) is 0 Å². The predicted octanol–water partition coefficient (Wildman–Crippen LogP) is 3.77. The fourth-order valence-corrected chi connectivity index (χ4v) is 5.12. The molecular formula is C35H46FN3O10. The van der Waals surface area contributed by atoms with Crippen LogP contribution >= 0.6 is 0 Å². The molecule has 0 saturated heterocycles. The van der Waals surface area contributed by atoms with Gasteiger partial charge in [0, 0.05) is 55.9 Å². The minimum absolute atomic E-state index is 0.0211. The number of hydrogen-bond acceptors (Lipinski definition) is 11. The van der Waals surface area contributed by atoms with Gasteiger partial charge in [0.1, 0.15) is 13.3 Å². The third kappa shape index (κ3) is 14.9. The number of aliphatic imine (C=N–C) groups is 1. The predicted molar refractivity (Wildman–Crippen MR) is 176 cm³/mol. The van der Waals surface area contributed by atoms with E-state index < -0.39 is 91.1 Å². The van der Waals surface area contributed by atoms with Crippen LogP contribution in [0.3, 0.4) is 0 Å². The number of ether oxygens (including phenoxy) is 3. The number of allylic oxidation sites excluding steroid dienone is 1. The van der Waals surface area contributed by atoms with Gasteiger partial charge >= 0.3 is 18.0 Å². The molecule has 49 heavy (non-hydrogen) atoms. The number of ketones is 3. The summed E-state index contributed by atoms with van der Waals surface area (Å²) in [6.07, 6.45) is 1.37. The summed E-state index contributed by atoms with van der Waals surface area (Å²) in [5, 5.41) is 5.23. The van der Waals surface area contributed by atoms with Gasteiger partial charge < -0.3 is 24.8 Å². The number of Topliss-reactive ketones (excluding diaryl/α,β-unsaturated/α-hetero) is 3.